The SMILES string of the molecule is C=c1/c(=C(N)\N=C/C)c(-c2ccc(Cl)cc2)cn1-c1cccc(/C=C(\C#N)C(=O)N2CCC2)c1. The van der Waals surface area contributed by atoms with Crippen LogP contribution in [0, 0.1) is 11.3 Å². The molecule has 7 heteroatoms. The van der Waals surface area contributed by atoms with Gasteiger partial charge < -0.3 is 15.2 Å². The first-order chi connectivity index (χ1) is 16.4. The van der Waals surface area contributed by atoms with Gasteiger partial charge in [0.2, 0.25) is 0 Å². The molecule has 1 aliphatic rings. The standard InChI is InChI=1S/C27H24ClN5O/c1-3-31-26(30)25-18(2)33(17-24(25)20-8-10-22(28)11-9-20)23-7-4-6-19(15-23)14-21(16-29)27(34)32-12-5-13-32/h3-4,6-11,14-15,17H,2,5,12-13,30H2,1H3/b21-14+,26-25+,31-3-. The molecule has 1 aromatic heterocycles. The van der Waals surface area contributed by atoms with Crippen molar-refractivity contribution in [2.45, 2.75) is 13.3 Å². The Hall–Kier alpha value is -4.08. The minimum Gasteiger partial charge on any atom is -0.383 e. The van der Waals surface area contributed by atoms with E-state index in [1.165, 1.54) is 0 Å². The van der Waals surface area contributed by atoms with Crippen LogP contribution in [0.3, 0.4) is 0 Å². The summed E-state index contributed by atoms with van der Waals surface area (Å²) in [6.45, 7) is 7.47. The summed E-state index contributed by atoms with van der Waals surface area (Å²) < 4.78 is 1.93. The second-order valence-electron chi connectivity index (χ2n) is 7.92. The van der Waals surface area contributed by atoms with Crippen LogP contribution in [0.15, 0.2) is 65.3 Å². The third kappa shape index (κ3) is 4.52. The molecule has 170 valence electrons. The fourth-order valence-corrected chi connectivity index (χ4v) is 4.00. The van der Waals surface area contributed by atoms with Gasteiger partial charge in [0.1, 0.15) is 17.5 Å². The predicted molar refractivity (Wildman–Crippen MR) is 138 cm³/mol. The average Bonchev–Trinajstić information content (AvgIpc) is 3.14. The molecule has 4 rings (SSSR count). The number of nitrogens with two attached hydrogens (primary N) is 1. The van der Waals surface area contributed by atoms with Crippen LogP contribution in [-0.4, -0.2) is 34.7 Å². The van der Waals surface area contributed by atoms with E-state index in [-0.39, 0.29) is 11.5 Å². The van der Waals surface area contributed by atoms with Crippen molar-refractivity contribution in [1.29, 1.82) is 5.26 Å². The Bertz CT molecular complexity index is 1450. The molecule has 0 atom stereocenters. The summed E-state index contributed by atoms with van der Waals surface area (Å²) in [4.78, 5) is 18.5. The first-order valence-corrected chi connectivity index (χ1v) is 11.3. The highest BCUT2D eigenvalue weighted by atomic mass is 35.5. The van der Waals surface area contributed by atoms with Crippen LogP contribution in [-0.2, 0) is 4.79 Å². The molecule has 0 unspecified atom stereocenters. The van der Waals surface area contributed by atoms with Crippen LogP contribution < -0.4 is 16.3 Å². The van der Waals surface area contributed by atoms with Gasteiger partial charge in [0.05, 0.1) is 0 Å². The van der Waals surface area contributed by atoms with E-state index in [0.29, 0.717) is 29.3 Å². The monoisotopic (exact) mass is 469 g/mol. The van der Waals surface area contributed by atoms with Crippen molar-refractivity contribution >= 4 is 42.2 Å². The maximum Gasteiger partial charge on any atom is 0.264 e. The summed E-state index contributed by atoms with van der Waals surface area (Å²) in [7, 11) is 0. The molecule has 34 heavy (non-hydrogen) atoms. The number of nitrogens with zero attached hydrogens (tertiary/aromatic N) is 4. The van der Waals surface area contributed by atoms with Crippen LogP contribution in [0.5, 0.6) is 0 Å². The molecule has 1 saturated heterocycles. The maximum atomic E-state index is 12.5. The molecule has 2 heterocycles. The van der Waals surface area contributed by atoms with Crippen molar-refractivity contribution in [3.05, 3.63) is 81.5 Å². The predicted octanol–water partition coefficient (Wildman–Crippen LogP) is 3.46. The van der Waals surface area contributed by atoms with Crippen LogP contribution >= 0.6 is 11.6 Å². The van der Waals surface area contributed by atoms with Gasteiger partial charge in [-0.15, -0.1) is 0 Å². The Labute approximate surface area is 203 Å². The molecule has 0 saturated carbocycles. The van der Waals surface area contributed by atoms with Gasteiger partial charge in [-0.3, -0.25) is 4.79 Å². The largest absolute Gasteiger partial charge is 0.383 e. The highest BCUT2D eigenvalue weighted by Crippen LogP contribution is 2.21. The Kier molecular flexibility index (Phi) is 6.67. The molecule has 0 aliphatic carbocycles. The molecule has 1 fully saturated rings. The van der Waals surface area contributed by atoms with Gasteiger partial charge in [0.25, 0.3) is 5.91 Å². The van der Waals surface area contributed by atoms with Crippen molar-refractivity contribution in [3.8, 4) is 22.9 Å². The van der Waals surface area contributed by atoms with Gasteiger partial charge in [0, 0.05) is 52.3 Å². The van der Waals surface area contributed by atoms with Crippen LogP contribution in [0.2, 0.25) is 5.02 Å². The normalized spacial score (nSPS) is 14.6. The number of likely N-dealkylation sites (tertiary alicyclic amines) is 1. The van der Waals surface area contributed by atoms with E-state index in [1.54, 1.807) is 24.1 Å². The molecule has 0 bridgehead atoms. The van der Waals surface area contributed by atoms with Gasteiger partial charge >= 0.3 is 0 Å². The smallest absolute Gasteiger partial charge is 0.264 e. The van der Waals surface area contributed by atoms with Crippen molar-refractivity contribution < 1.29 is 4.79 Å². The van der Waals surface area contributed by atoms with Crippen molar-refractivity contribution in [2.75, 3.05) is 13.1 Å². The van der Waals surface area contributed by atoms with E-state index < -0.39 is 0 Å². The third-order valence-electron chi connectivity index (χ3n) is 5.74. The number of rotatable bonds is 5. The van der Waals surface area contributed by atoms with E-state index in [1.807, 2.05) is 65.4 Å². The van der Waals surface area contributed by atoms with E-state index in [9.17, 15) is 10.1 Å². The number of carbonyl (C=O) groups excluding carboxylic acids is 1. The van der Waals surface area contributed by atoms with Crippen LogP contribution in [0.4, 0.5) is 0 Å². The summed E-state index contributed by atoms with van der Waals surface area (Å²) >= 11 is 6.08. The lowest BCUT2D eigenvalue weighted by Crippen LogP contribution is -2.42. The van der Waals surface area contributed by atoms with E-state index in [2.05, 4.69) is 11.6 Å². The Morgan fingerprint density at radius 2 is 1.97 bits per heavy atom. The number of amides is 1. The summed E-state index contributed by atoms with van der Waals surface area (Å²) in [5.41, 5.74) is 9.80. The average molecular weight is 470 g/mol. The van der Waals surface area contributed by atoms with Gasteiger partial charge in [-0.25, -0.2) is 4.99 Å². The zero-order valence-electron chi connectivity index (χ0n) is 18.8. The topological polar surface area (TPSA) is 87.4 Å². The third-order valence-corrected chi connectivity index (χ3v) is 5.99. The molecule has 0 spiro atoms. The first-order valence-electron chi connectivity index (χ1n) is 10.9. The molecule has 3 aromatic rings. The quantitative estimate of drug-likeness (QED) is 0.352. The molecular weight excluding hydrogens is 446 g/mol. The maximum absolute atomic E-state index is 12.5. The summed E-state index contributed by atoms with van der Waals surface area (Å²) in [5, 5.41) is 11.6. The van der Waals surface area contributed by atoms with Crippen molar-refractivity contribution in [2.24, 2.45) is 10.7 Å². The molecule has 2 N–H and O–H groups in total. The second-order valence-corrected chi connectivity index (χ2v) is 8.36. The number of aliphatic imine (C=N–C) groups is 1. The fraction of sp³-hybridized carbons (Fsp3) is 0.148. The zero-order valence-corrected chi connectivity index (χ0v) is 19.6. The van der Waals surface area contributed by atoms with Gasteiger partial charge in [-0.05, 0) is 54.8 Å². The Balaban J connectivity index is 1.84. The Morgan fingerprint density at radius 1 is 1.24 bits per heavy atom. The van der Waals surface area contributed by atoms with Crippen molar-refractivity contribution in [3.63, 3.8) is 0 Å². The number of aromatic nitrogens is 1. The fourth-order valence-electron chi connectivity index (χ4n) is 3.88. The van der Waals surface area contributed by atoms with E-state index >= 15 is 0 Å². The lowest BCUT2D eigenvalue weighted by atomic mass is 10.1. The number of nitriles is 1. The highest BCUT2D eigenvalue weighted by molar-refractivity contribution is 6.30. The molecular formula is C27H24ClN5O. The number of hydrogen-bond acceptors (Lipinski definition) is 4. The minimum atomic E-state index is -0.231. The summed E-state index contributed by atoms with van der Waals surface area (Å²) in [6.07, 6.45) is 6.19. The van der Waals surface area contributed by atoms with Gasteiger partial charge in [-0.1, -0.05) is 42.4 Å². The molecule has 0 radical (unpaired) electrons. The second kappa shape index (κ2) is 9.82. The summed E-state index contributed by atoms with van der Waals surface area (Å²) in [6, 6.07) is 17.1. The molecule has 6 nitrogen and oxygen atoms in total. The summed E-state index contributed by atoms with van der Waals surface area (Å²) in [5.74, 6) is 0.129. The van der Waals surface area contributed by atoms with Crippen LogP contribution in [0.1, 0.15) is 18.9 Å². The van der Waals surface area contributed by atoms with E-state index in [0.717, 1.165) is 34.0 Å². The first kappa shape index (κ1) is 23.1. The van der Waals surface area contributed by atoms with Gasteiger partial charge in [0.15, 0.2) is 0 Å². The number of halogens is 1. The number of carbonyl (C=O) groups is 1. The zero-order chi connectivity index (χ0) is 24.2. The minimum absolute atomic E-state index is 0.122. The lowest BCUT2D eigenvalue weighted by Gasteiger charge is -2.30. The Morgan fingerprint density at radius 3 is 2.59 bits per heavy atom. The van der Waals surface area contributed by atoms with E-state index in [4.69, 9.17) is 17.3 Å². The molecule has 1 amide bonds. The van der Waals surface area contributed by atoms with Crippen molar-refractivity contribution in [1.82, 2.24) is 9.47 Å². The number of hydrogen-bond donors (Lipinski definition) is 1. The lowest BCUT2D eigenvalue weighted by molar-refractivity contribution is -0.129. The number of benzene rings is 2. The van der Waals surface area contributed by atoms with Crippen LogP contribution in [0.25, 0.3) is 35.3 Å². The molecule has 2 aromatic carbocycles. The van der Waals surface area contributed by atoms with Gasteiger partial charge in [-0.2, -0.15) is 5.26 Å². The molecule has 1 aliphatic heterocycles. The highest BCUT2D eigenvalue weighted by Gasteiger charge is 2.23.